The molecular weight excluding hydrogens is 212 g/mol. The molecule has 2 rings (SSSR count). The summed E-state index contributed by atoms with van der Waals surface area (Å²) in [6.45, 7) is 3.60. The van der Waals surface area contributed by atoms with E-state index in [0.717, 1.165) is 25.2 Å². The van der Waals surface area contributed by atoms with Crippen molar-refractivity contribution < 1.29 is 9.47 Å². The lowest BCUT2D eigenvalue weighted by molar-refractivity contribution is 0.263. The van der Waals surface area contributed by atoms with Gasteiger partial charge >= 0.3 is 0 Å². The number of aryl methyl sites for hydroxylation is 1. The molecule has 2 heteroatoms. The van der Waals surface area contributed by atoms with Crippen molar-refractivity contribution in [2.45, 2.75) is 32.3 Å². The molecule has 1 fully saturated rings. The molecule has 0 saturated carbocycles. The second-order valence-corrected chi connectivity index (χ2v) is 4.37. The van der Waals surface area contributed by atoms with Gasteiger partial charge in [-0.25, -0.2) is 0 Å². The molecule has 2 nitrogen and oxygen atoms in total. The van der Waals surface area contributed by atoms with Crippen LogP contribution in [-0.2, 0) is 11.2 Å². The first kappa shape index (κ1) is 12.2. The molecule has 0 amide bonds. The second kappa shape index (κ2) is 6.45. The topological polar surface area (TPSA) is 21.8 Å². The van der Waals surface area contributed by atoms with Gasteiger partial charge in [0.1, 0.15) is 18.5 Å². The van der Waals surface area contributed by atoms with Crippen molar-refractivity contribution in [1.29, 1.82) is 0 Å². The molecule has 1 aromatic carbocycles. The highest BCUT2D eigenvalue weighted by atomic mass is 16.6. The second-order valence-electron chi connectivity index (χ2n) is 4.37. The minimum Gasteiger partial charge on any atom is -0.491 e. The number of rotatable bonds is 7. The SMILES string of the molecule is C/C=C/CCCc1ccc(OCC2CO2)cc1. The molecule has 1 heterocycles. The summed E-state index contributed by atoms with van der Waals surface area (Å²) < 4.78 is 10.7. The molecular formula is C15H20O2. The van der Waals surface area contributed by atoms with Crippen molar-refractivity contribution >= 4 is 0 Å². The summed E-state index contributed by atoms with van der Waals surface area (Å²) in [5.41, 5.74) is 1.38. The highest BCUT2D eigenvalue weighted by Gasteiger charge is 2.22. The van der Waals surface area contributed by atoms with Crippen molar-refractivity contribution in [3.05, 3.63) is 42.0 Å². The largest absolute Gasteiger partial charge is 0.491 e. The van der Waals surface area contributed by atoms with E-state index < -0.39 is 0 Å². The van der Waals surface area contributed by atoms with Crippen LogP contribution >= 0.6 is 0 Å². The maximum absolute atomic E-state index is 5.59. The summed E-state index contributed by atoms with van der Waals surface area (Å²) in [4.78, 5) is 0. The molecule has 92 valence electrons. The van der Waals surface area contributed by atoms with Gasteiger partial charge in [0.15, 0.2) is 0 Å². The van der Waals surface area contributed by atoms with E-state index >= 15 is 0 Å². The molecule has 1 unspecified atom stereocenters. The number of ether oxygens (including phenoxy) is 2. The Labute approximate surface area is 103 Å². The zero-order chi connectivity index (χ0) is 11.9. The summed E-state index contributed by atoms with van der Waals surface area (Å²) in [5.74, 6) is 0.942. The standard InChI is InChI=1S/C15H20O2/c1-2-3-4-5-6-13-7-9-14(10-8-13)16-11-15-12-17-15/h2-3,7-10,15H,4-6,11-12H2,1H3/b3-2+. The van der Waals surface area contributed by atoms with E-state index in [9.17, 15) is 0 Å². The van der Waals surface area contributed by atoms with Crippen LogP contribution in [0.3, 0.4) is 0 Å². The van der Waals surface area contributed by atoms with Gasteiger partial charge in [-0.15, -0.1) is 0 Å². The quantitative estimate of drug-likeness (QED) is 0.408. The van der Waals surface area contributed by atoms with Gasteiger partial charge in [-0.05, 0) is 43.9 Å². The van der Waals surface area contributed by atoms with E-state index in [2.05, 4.69) is 31.2 Å². The molecule has 0 radical (unpaired) electrons. The Hall–Kier alpha value is -1.28. The number of epoxide rings is 1. The summed E-state index contributed by atoms with van der Waals surface area (Å²) in [7, 11) is 0. The van der Waals surface area contributed by atoms with E-state index in [1.807, 2.05) is 12.1 Å². The van der Waals surface area contributed by atoms with Gasteiger partial charge in [0.2, 0.25) is 0 Å². The van der Waals surface area contributed by atoms with Crippen molar-refractivity contribution in [3.8, 4) is 5.75 Å². The van der Waals surface area contributed by atoms with Crippen LogP contribution in [0.5, 0.6) is 5.75 Å². The molecule has 0 aromatic heterocycles. The predicted octanol–water partition coefficient (Wildman–Crippen LogP) is 3.36. The Balaban J connectivity index is 1.71. The number of allylic oxidation sites excluding steroid dienone is 2. The Morgan fingerprint density at radius 1 is 1.35 bits per heavy atom. The summed E-state index contributed by atoms with van der Waals surface area (Å²) in [6, 6.07) is 8.40. The molecule has 0 aliphatic carbocycles. The number of unbranched alkanes of at least 4 members (excludes halogenated alkanes) is 1. The first-order chi connectivity index (χ1) is 8.38. The van der Waals surface area contributed by atoms with Crippen molar-refractivity contribution in [3.63, 3.8) is 0 Å². The monoisotopic (exact) mass is 232 g/mol. The zero-order valence-electron chi connectivity index (χ0n) is 10.4. The van der Waals surface area contributed by atoms with Gasteiger partial charge < -0.3 is 9.47 Å². The fraction of sp³-hybridized carbons (Fsp3) is 0.467. The fourth-order valence-corrected chi connectivity index (χ4v) is 1.70. The molecule has 0 N–H and O–H groups in total. The minimum atomic E-state index is 0.329. The first-order valence-electron chi connectivity index (χ1n) is 6.33. The third-order valence-electron chi connectivity index (χ3n) is 2.83. The van der Waals surface area contributed by atoms with Crippen LogP contribution in [0.2, 0.25) is 0 Å². The van der Waals surface area contributed by atoms with Crippen LogP contribution in [0.1, 0.15) is 25.3 Å². The van der Waals surface area contributed by atoms with Gasteiger partial charge in [0.25, 0.3) is 0 Å². The van der Waals surface area contributed by atoms with Gasteiger partial charge in [0.05, 0.1) is 6.61 Å². The molecule has 1 saturated heterocycles. The van der Waals surface area contributed by atoms with Crippen LogP contribution in [0, 0.1) is 0 Å². The van der Waals surface area contributed by atoms with Crippen LogP contribution in [-0.4, -0.2) is 19.3 Å². The maximum atomic E-state index is 5.59. The van der Waals surface area contributed by atoms with E-state index in [1.54, 1.807) is 0 Å². The number of hydrogen-bond donors (Lipinski definition) is 0. The normalized spacial score (nSPS) is 18.5. The average molecular weight is 232 g/mol. The fourth-order valence-electron chi connectivity index (χ4n) is 1.70. The Morgan fingerprint density at radius 2 is 2.12 bits per heavy atom. The van der Waals surface area contributed by atoms with Gasteiger partial charge in [-0.1, -0.05) is 24.3 Å². The van der Waals surface area contributed by atoms with Crippen molar-refractivity contribution in [1.82, 2.24) is 0 Å². The van der Waals surface area contributed by atoms with Crippen molar-refractivity contribution in [2.24, 2.45) is 0 Å². The smallest absolute Gasteiger partial charge is 0.119 e. The Bertz CT molecular complexity index is 350. The van der Waals surface area contributed by atoms with Crippen LogP contribution in [0.4, 0.5) is 0 Å². The highest BCUT2D eigenvalue weighted by molar-refractivity contribution is 5.27. The van der Waals surface area contributed by atoms with Crippen LogP contribution < -0.4 is 4.74 Å². The van der Waals surface area contributed by atoms with Gasteiger partial charge in [-0.2, -0.15) is 0 Å². The van der Waals surface area contributed by atoms with Gasteiger partial charge in [0, 0.05) is 0 Å². The minimum absolute atomic E-state index is 0.329. The Morgan fingerprint density at radius 3 is 2.76 bits per heavy atom. The maximum Gasteiger partial charge on any atom is 0.119 e. The summed E-state index contributed by atoms with van der Waals surface area (Å²) in [6.07, 6.45) is 8.16. The lowest BCUT2D eigenvalue weighted by Gasteiger charge is -2.05. The number of hydrogen-bond acceptors (Lipinski definition) is 2. The third-order valence-corrected chi connectivity index (χ3v) is 2.83. The van der Waals surface area contributed by atoms with E-state index in [4.69, 9.17) is 9.47 Å². The predicted molar refractivity (Wildman–Crippen MR) is 69.4 cm³/mol. The summed E-state index contributed by atoms with van der Waals surface area (Å²) in [5, 5.41) is 0. The van der Waals surface area contributed by atoms with Crippen molar-refractivity contribution in [2.75, 3.05) is 13.2 Å². The van der Waals surface area contributed by atoms with Gasteiger partial charge in [-0.3, -0.25) is 0 Å². The lowest BCUT2D eigenvalue weighted by Crippen LogP contribution is -2.03. The van der Waals surface area contributed by atoms with E-state index in [-0.39, 0.29) is 0 Å². The Kier molecular flexibility index (Phi) is 4.63. The van der Waals surface area contributed by atoms with Crippen LogP contribution in [0.15, 0.2) is 36.4 Å². The van der Waals surface area contributed by atoms with Crippen LogP contribution in [0.25, 0.3) is 0 Å². The molecule has 0 spiro atoms. The molecule has 17 heavy (non-hydrogen) atoms. The summed E-state index contributed by atoms with van der Waals surface area (Å²) >= 11 is 0. The average Bonchev–Trinajstić information content (AvgIpc) is 3.18. The molecule has 1 aromatic rings. The number of benzene rings is 1. The third kappa shape index (κ3) is 4.61. The van der Waals surface area contributed by atoms with E-state index in [1.165, 1.54) is 12.0 Å². The van der Waals surface area contributed by atoms with E-state index in [0.29, 0.717) is 12.7 Å². The zero-order valence-corrected chi connectivity index (χ0v) is 10.4. The molecule has 1 atom stereocenters. The molecule has 1 aliphatic heterocycles. The highest BCUT2D eigenvalue weighted by Crippen LogP contribution is 2.16. The molecule has 1 aliphatic rings. The first-order valence-corrected chi connectivity index (χ1v) is 6.33. The molecule has 0 bridgehead atoms. The lowest BCUT2D eigenvalue weighted by atomic mass is 10.1.